The van der Waals surface area contributed by atoms with Crippen molar-refractivity contribution in [1.82, 2.24) is 10.6 Å². The summed E-state index contributed by atoms with van der Waals surface area (Å²) in [5.41, 5.74) is 0. The molecule has 1 atom stereocenters. The summed E-state index contributed by atoms with van der Waals surface area (Å²) in [5.74, 6) is 2.38. The van der Waals surface area contributed by atoms with Gasteiger partial charge in [0, 0.05) is 45.7 Å². The van der Waals surface area contributed by atoms with E-state index in [0.29, 0.717) is 5.92 Å². The second-order valence-corrected chi connectivity index (χ2v) is 5.41. The second kappa shape index (κ2) is 10.2. The topological polar surface area (TPSA) is 68.0 Å². The number of aliphatic imine (C=N–C) groups is 1. The van der Waals surface area contributed by atoms with E-state index in [1.54, 1.807) is 13.3 Å². The predicted molar refractivity (Wildman–Crippen MR) is 86.1 cm³/mol. The van der Waals surface area contributed by atoms with Gasteiger partial charge >= 0.3 is 0 Å². The van der Waals surface area contributed by atoms with Crippen LogP contribution in [0.4, 0.5) is 0 Å². The third-order valence-electron chi connectivity index (χ3n) is 3.60. The lowest BCUT2D eigenvalue weighted by Gasteiger charge is -2.12. The molecule has 0 bridgehead atoms. The van der Waals surface area contributed by atoms with Crippen LogP contribution in [0, 0.1) is 5.92 Å². The highest BCUT2D eigenvalue weighted by atomic mass is 16.5. The zero-order chi connectivity index (χ0) is 15.5. The molecule has 6 nitrogen and oxygen atoms in total. The Bertz CT molecular complexity index is 414. The van der Waals surface area contributed by atoms with E-state index in [0.717, 1.165) is 70.5 Å². The molecule has 2 N–H and O–H groups in total. The van der Waals surface area contributed by atoms with Gasteiger partial charge < -0.3 is 24.5 Å². The van der Waals surface area contributed by atoms with Crippen LogP contribution in [0.15, 0.2) is 27.8 Å². The van der Waals surface area contributed by atoms with E-state index >= 15 is 0 Å². The summed E-state index contributed by atoms with van der Waals surface area (Å²) >= 11 is 0. The van der Waals surface area contributed by atoms with Crippen molar-refractivity contribution in [2.45, 2.75) is 19.3 Å². The van der Waals surface area contributed by atoms with Crippen LogP contribution in [0.1, 0.15) is 18.6 Å². The Morgan fingerprint density at radius 3 is 3.05 bits per heavy atom. The van der Waals surface area contributed by atoms with Crippen LogP contribution in [0.25, 0.3) is 0 Å². The first-order chi connectivity index (χ1) is 10.9. The van der Waals surface area contributed by atoms with E-state index in [4.69, 9.17) is 13.9 Å². The molecule has 1 unspecified atom stereocenters. The minimum absolute atomic E-state index is 0.587. The lowest BCUT2D eigenvalue weighted by Crippen LogP contribution is -2.39. The maximum Gasteiger partial charge on any atom is 0.190 e. The molecule has 1 aromatic heterocycles. The van der Waals surface area contributed by atoms with Gasteiger partial charge in [-0.2, -0.15) is 0 Å². The van der Waals surface area contributed by atoms with Crippen LogP contribution in [-0.2, 0) is 15.9 Å². The molecular formula is C16H27N3O3. The van der Waals surface area contributed by atoms with Gasteiger partial charge in [0.15, 0.2) is 5.96 Å². The average molecular weight is 309 g/mol. The third-order valence-corrected chi connectivity index (χ3v) is 3.60. The van der Waals surface area contributed by atoms with E-state index in [1.807, 2.05) is 12.1 Å². The number of furan rings is 1. The molecule has 1 aromatic rings. The monoisotopic (exact) mass is 309 g/mol. The summed E-state index contributed by atoms with van der Waals surface area (Å²) in [6, 6.07) is 3.88. The number of hydrogen-bond acceptors (Lipinski definition) is 4. The molecule has 6 heteroatoms. The summed E-state index contributed by atoms with van der Waals surface area (Å²) in [7, 11) is 1.78. The standard InChI is InChI=1S/C16H27N3O3/c1-17-16(19-8-5-15-4-2-10-22-15)18-7-3-9-20-12-14-6-11-21-13-14/h2,4,10,14H,3,5-9,11-13H2,1H3,(H2,17,18,19). The molecule has 0 aliphatic carbocycles. The Morgan fingerprint density at radius 2 is 2.32 bits per heavy atom. The number of guanidine groups is 1. The molecule has 0 spiro atoms. The van der Waals surface area contributed by atoms with E-state index < -0.39 is 0 Å². The first-order valence-corrected chi connectivity index (χ1v) is 8.01. The van der Waals surface area contributed by atoms with Gasteiger partial charge in [-0.3, -0.25) is 4.99 Å². The maximum atomic E-state index is 5.67. The van der Waals surface area contributed by atoms with E-state index in [9.17, 15) is 0 Å². The van der Waals surface area contributed by atoms with Crippen LogP contribution in [0.3, 0.4) is 0 Å². The third kappa shape index (κ3) is 6.49. The Labute approximate surface area is 132 Å². The summed E-state index contributed by atoms with van der Waals surface area (Å²) in [6.45, 7) is 4.97. The van der Waals surface area contributed by atoms with Gasteiger partial charge in [0.05, 0.1) is 19.5 Å². The normalized spacial score (nSPS) is 18.6. The van der Waals surface area contributed by atoms with Crippen molar-refractivity contribution in [3.05, 3.63) is 24.2 Å². The number of nitrogens with zero attached hydrogens (tertiary/aromatic N) is 1. The minimum Gasteiger partial charge on any atom is -0.469 e. The van der Waals surface area contributed by atoms with Gasteiger partial charge in [-0.1, -0.05) is 0 Å². The van der Waals surface area contributed by atoms with Crippen LogP contribution in [0.5, 0.6) is 0 Å². The molecule has 1 saturated heterocycles. The molecule has 0 aromatic carbocycles. The molecule has 1 fully saturated rings. The summed E-state index contributed by atoms with van der Waals surface area (Å²) < 4.78 is 16.3. The van der Waals surface area contributed by atoms with Gasteiger partial charge in [-0.15, -0.1) is 0 Å². The first kappa shape index (κ1) is 16.8. The molecule has 2 heterocycles. The lowest BCUT2D eigenvalue weighted by atomic mass is 10.1. The average Bonchev–Trinajstić information content (AvgIpc) is 3.22. The van der Waals surface area contributed by atoms with Gasteiger partial charge in [0.25, 0.3) is 0 Å². The van der Waals surface area contributed by atoms with Crippen LogP contribution < -0.4 is 10.6 Å². The van der Waals surface area contributed by atoms with E-state index in [2.05, 4.69) is 15.6 Å². The number of rotatable bonds is 9. The first-order valence-electron chi connectivity index (χ1n) is 8.01. The molecule has 1 aliphatic rings. The molecule has 124 valence electrons. The van der Waals surface area contributed by atoms with Crippen molar-refractivity contribution in [1.29, 1.82) is 0 Å². The van der Waals surface area contributed by atoms with Crippen LogP contribution in [-0.4, -0.2) is 52.5 Å². The maximum absolute atomic E-state index is 5.67. The van der Waals surface area contributed by atoms with Gasteiger partial charge in [-0.05, 0) is 25.0 Å². The van der Waals surface area contributed by atoms with Crippen molar-refractivity contribution in [2.24, 2.45) is 10.9 Å². The van der Waals surface area contributed by atoms with Crippen LogP contribution >= 0.6 is 0 Å². The van der Waals surface area contributed by atoms with Crippen molar-refractivity contribution in [2.75, 3.05) is 46.6 Å². The van der Waals surface area contributed by atoms with Gasteiger partial charge in [-0.25, -0.2) is 0 Å². The van der Waals surface area contributed by atoms with E-state index in [-0.39, 0.29) is 0 Å². The Morgan fingerprint density at radius 1 is 1.41 bits per heavy atom. The fourth-order valence-corrected chi connectivity index (χ4v) is 2.33. The summed E-state index contributed by atoms with van der Waals surface area (Å²) in [6.07, 6.45) is 4.64. The van der Waals surface area contributed by atoms with Gasteiger partial charge in [0.1, 0.15) is 5.76 Å². The molecular weight excluding hydrogens is 282 g/mol. The summed E-state index contributed by atoms with van der Waals surface area (Å²) in [4.78, 5) is 4.19. The SMILES string of the molecule is CN=C(NCCCOCC1CCOC1)NCCc1ccco1. The lowest BCUT2D eigenvalue weighted by molar-refractivity contribution is 0.0888. The zero-order valence-corrected chi connectivity index (χ0v) is 13.3. The van der Waals surface area contributed by atoms with Gasteiger partial charge in [0.2, 0.25) is 0 Å². The fourth-order valence-electron chi connectivity index (χ4n) is 2.33. The summed E-state index contributed by atoms with van der Waals surface area (Å²) in [5, 5.41) is 6.55. The van der Waals surface area contributed by atoms with E-state index in [1.165, 1.54) is 0 Å². The fraction of sp³-hybridized carbons (Fsp3) is 0.688. The molecule has 0 saturated carbocycles. The number of hydrogen-bond donors (Lipinski definition) is 2. The zero-order valence-electron chi connectivity index (χ0n) is 13.3. The highest BCUT2D eigenvalue weighted by Gasteiger charge is 2.15. The van der Waals surface area contributed by atoms with Crippen molar-refractivity contribution >= 4 is 5.96 Å². The highest BCUT2D eigenvalue weighted by molar-refractivity contribution is 5.79. The number of ether oxygens (including phenoxy) is 2. The molecule has 22 heavy (non-hydrogen) atoms. The predicted octanol–water partition coefficient (Wildman–Crippen LogP) is 1.43. The Hall–Kier alpha value is -1.53. The van der Waals surface area contributed by atoms with Crippen LogP contribution in [0.2, 0.25) is 0 Å². The van der Waals surface area contributed by atoms with Crippen molar-refractivity contribution < 1.29 is 13.9 Å². The minimum atomic E-state index is 0.587. The highest BCUT2D eigenvalue weighted by Crippen LogP contribution is 2.12. The smallest absolute Gasteiger partial charge is 0.190 e. The quantitative estimate of drug-likeness (QED) is 0.410. The number of nitrogens with one attached hydrogen (secondary N) is 2. The molecule has 2 rings (SSSR count). The largest absolute Gasteiger partial charge is 0.469 e. The van der Waals surface area contributed by atoms with Crippen molar-refractivity contribution in [3.63, 3.8) is 0 Å². The second-order valence-electron chi connectivity index (χ2n) is 5.41. The molecule has 0 amide bonds. The van der Waals surface area contributed by atoms with Crippen molar-refractivity contribution in [3.8, 4) is 0 Å². The Kier molecular flexibility index (Phi) is 7.83. The molecule has 0 radical (unpaired) electrons. The Balaban J connectivity index is 1.45. The molecule has 1 aliphatic heterocycles.